The summed E-state index contributed by atoms with van der Waals surface area (Å²) in [4.78, 5) is 4.35. The van der Waals surface area contributed by atoms with Crippen molar-refractivity contribution in [2.45, 2.75) is 24.8 Å². The Morgan fingerprint density at radius 2 is 2.29 bits per heavy atom. The molecular formula is C11H14BrNO3S. The third kappa shape index (κ3) is 3.19. The number of halogens is 1. The predicted molar refractivity (Wildman–Crippen MR) is 69.3 cm³/mol. The molecule has 0 spiro atoms. The van der Waals surface area contributed by atoms with Gasteiger partial charge in [0.05, 0.1) is 17.2 Å². The minimum atomic E-state index is -2.90. The largest absolute Gasteiger partial charge is 0.487 e. The molecule has 1 aromatic rings. The molecule has 1 saturated heterocycles. The molecule has 1 aliphatic heterocycles. The Labute approximate surface area is 109 Å². The number of aromatic nitrogens is 1. The Balaban J connectivity index is 2.14. The number of ether oxygens (including phenoxy) is 1. The van der Waals surface area contributed by atoms with Crippen molar-refractivity contribution in [1.29, 1.82) is 0 Å². The SMILES string of the molecule is Cc1ccc(OC2CCS(=O)(=O)C2)c(CBr)n1. The molecule has 1 aromatic heterocycles. The van der Waals surface area contributed by atoms with Crippen LogP contribution in [0.1, 0.15) is 17.8 Å². The summed E-state index contributed by atoms with van der Waals surface area (Å²) < 4.78 is 28.4. The summed E-state index contributed by atoms with van der Waals surface area (Å²) in [7, 11) is -2.90. The van der Waals surface area contributed by atoms with Crippen LogP contribution in [0.25, 0.3) is 0 Å². The minimum Gasteiger partial charge on any atom is -0.487 e. The topological polar surface area (TPSA) is 56.3 Å². The summed E-state index contributed by atoms with van der Waals surface area (Å²) in [6.45, 7) is 1.91. The number of aryl methyl sites for hydroxylation is 1. The first-order valence-corrected chi connectivity index (χ1v) is 8.34. The first-order chi connectivity index (χ1) is 8.00. The van der Waals surface area contributed by atoms with Crippen LogP contribution in [0.5, 0.6) is 5.75 Å². The van der Waals surface area contributed by atoms with E-state index in [2.05, 4.69) is 20.9 Å². The fraction of sp³-hybridized carbons (Fsp3) is 0.545. The lowest BCUT2D eigenvalue weighted by Crippen LogP contribution is -2.18. The lowest BCUT2D eigenvalue weighted by molar-refractivity contribution is 0.226. The standard InChI is InChI=1S/C11H14BrNO3S/c1-8-2-3-11(10(6-12)13-8)16-9-4-5-17(14,15)7-9/h2-3,9H,4-7H2,1H3. The summed E-state index contributed by atoms with van der Waals surface area (Å²) in [5.41, 5.74) is 1.74. The Kier molecular flexibility index (Phi) is 3.73. The summed E-state index contributed by atoms with van der Waals surface area (Å²) in [5.74, 6) is 1.01. The molecule has 0 amide bonds. The lowest BCUT2D eigenvalue weighted by Gasteiger charge is -2.14. The van der Waals surface area contributed by atoms with E-state index >= 15 is 0 Å². The average molecular weight is 320 g/mol. The van der Waals surface area contributed by atoms with Crippen molar-refractivity contribution < 1.29 is 13.2 Å². The maximum atomic E-state index is 11.3. The number of hydrogen-bond acceptors (Lipinski definition) is 4. The van der Waals surface area contributed by atoms with E-state index in [9.17, 15) is 8.42 Å². The molecule has 1 unspecified atom stereocenters. The van der Waals surface area contributed by atoms with Gasteiger partial charge in [0.25, 0.3) is 0 Å². The van der Waals surface area contributed by atoms with Crippen molar-refractivity contribution >= 4 is 25.8 Å². The van der Waals surface area contributed by atoms with Crippen molar-refractivity contribution in [2.75, 3.05) is 11.5 Å². The van der Waals surface area contributed by atoms with Crippen LogP contribution in [0.2, 0.25) is 0 Å². The predicted octanol–water partition coefficient (Wildman–Crippen LogP) is 1.85. The van der Waals surface area contributed by atoms with Crippen molar-refractivity contribution in [2.24, 2.45) is 0 Å². The molecule has 4 nitrogen and oxygen atoms in total. The lowest BCUT2D eigenvalue weighted by atomic mass is 10.3. The quantitative estimate of drug-likeness (QED) is 0.798. The van der Waals surface area contributed by atoms with Gasteiger partial charge in [-0.25, -0.2) is 8.42 Å². The number of nitrogens with zero attached hydrogens (tertiary/aromatic N) is 1. The van der Waals surface area contributed by atoms with Crippen LogP contribution in [0, 0.1) is 6.92 Å². The normalized spacial score (nSPS) is 22.6. The number of rotatable bonds is 3. The summed E-state index contributed by atoms with van der Waals surface area (Å²) in [5, 5.41) is 0.601. The van der Waals surface area contributed by atoms with Crippen molar-refractivity contribution in [3.63, 3.8) is 0 Å². The second-order valence-electron chi connectivity index (χ2n) is 4.17. The van der Waals surface area contributed by atoms with Gasteiger partial charge in [0.2, 0.25) is 0 Å². The van der Waals surface area contributed by atoms with E-state index in [1.807, 2.05) is 19.1 Å². The van der Waals surface area contributed by atoms with Crippen LogP contribution in [0.15, 0.2) is 12.1 Å². The number of sulfone groups is 1. The highest BCUT2D eigenvalue weighted by Gasteiger charge is 2.29. The molecule has 0 aromatic carbocycles. The molecule has 0 saturated carbocycles. The second kappa shape index (κ2) is 4.94. The van der Waals surface area contributed by atoms with E-state index in [0.717, 1.165) is 11.4 Å². The van der Waals surface area contributed by atoms with Gasteiger partial charge in [-0.15, -0.1) is 0 Å². The molecule has 2 rings (SSSR count). The molecule has 1 aliphatic rings. The highest BCUT2D eigenvalue weighted by Crippen LogP contribution is 2.24. The minimum absolute atomic E-state index is 0.114. The monoisotopic (exact) mass is 319 g/mol. The molecule has 1 fully saturated rings. The molecule has 6 heteroatoms. The summed E-state index contributed by atoms with van der Waals surface area (Å²) >= 11 is 3.35. The second-order valence-corrected chi connectivity index (χ2v) is 6.96. The number of alkyl halides is 1. The van der Waals surface area contributed by atoms with Gasteiger partial charge in [-0.05, 0) is 25.5 Å². The zero-order valence-corrected chi connectivity index (χ0v) is 11.9. The van der Waals surface area contributed by atoms with Crippen molar-refractivity contribution in [1.82, 2.24) is 4.98 Å². The van der Waals surface area contributed by atoms with Crippen molar-refractivity contribution in [3.8, 4) is 5.75 Å². The zero-order chi connectivity index (χ0) is 12.5. The molecule has 0 N–H and O–H groups in total. The third-order valence-corrected chi connectivity index (χ3v) is 4.95. The fourth-order valence-corrected chi connectivity index (χ4v) is 3.83. The molecule has 2 heterocycles. The maximum Gasteiger partial charge on any atom is 0.154 e. The third-order valence-electron chi connectivity index (χ3n) is 2.68. The Morgan fingerprint density at radius 1 is 1.53 bits per heavy atom. The van der Waals surface area contributed by atoms with E-state index in [0.29, 0.717) is 17.5 Å². The molecule has 94 valence electrons. The molecule has 1 atom stereocenters. The van der Waals surface area contributed by atoms with Gasteiger partial charge in [0, 0.05) is 11.0 Å². The molecule has 0 bridgehead atoms. The first kappa shape index (κ1) is 12.8. The van der Waals surface area contributed by atoms with E-state index in [1.54, 1.807) is 0 Å². The van der Waals surface area contributed by atoms with Crippen LogP contribution in [-0.4, -0.2) is 31.0 Å². The van der Waals surface area contributed by atoms with E-state index < -0.39 is 9.84 Å². The van der Waals surface area contributed by atoms with Gasteiger partial charge in [-0.1, -0.05) is 15.9 Å². The average Bonchev–Trinajstić information content (AvgIpc) is 2.61. The highest BCUT2D eigenvalue weighted by atomic mass is 79.9. The maximum absolute atomic E-state index is 11.3. The van der Waals surface area contributed by atoms with Gasteiger partial charge in [0.1, 0.15) is 11.9 Å². The van der Waals surface area contributed by atoms with Gasteiger partial charge < -0.3 is 4.74 Å². The van der Waals surface area contributed by atoms with Gasteiger partial charge >= 0.3 is 0 Å². The smallest absolute Gasteiger partial charge is 0.154 e. The molecule has 17 heavy (non-hydrogen) atoms. The van der Waals surface area contributed by atoms with Crippen LogP contribution in [0.4, 0.5) is 0 Å². The van der Waals surface area contributed by atoms with E-state index in [4.69, 9.17) is 4.74 Å². The van der Waals surface area contributed by atoms with Gasteiger partial charge in [-0.3, -0.25) is 4.98 Å². The van der Waals surface area contributed by atoms with Crippen molar-refractivity contribution in [3.05, 3.63) is 23.5 Å². The van der Waals surface area contributed by atoms with Crippen LogP contribution in [-0.2, 0) is 15.2 Å². The molecular weight excluding hydrogens is 306 g/mol. The fourth-order valence-electron chi connectivity index (χ4n) is 1.83. The Hall–Kier alpha value is -0.620. The molecule has 0 aliphatic carbocycles. The highest BCUT2D eigenvalue weighted by molar-refractivity contribution is 9.08. The Bertz CT molecular complexity index is 515. The Morgan fingerprint density at radius 3 is 2.88 bits per heavy atom. The summed E-state index contributed by atoms with van der Waals surface area (Å²) in [6.07, 6.45) is 0.333. The number of hydrogen-bond donors (Lipinski definition) is 0. The number of pyridine rings is 1. The van der Waals surface area contributed by atoms with Crippen LogP contribution >= 0.6 is 15.9 Å². The summed E-state index contributed by atoms with van der Waals surface area (Å²) in [6, 6.07) is 3.72. The van der Waals surface area contributed by atoms with E-state index in [1.165, 1.54) is 0 Å². The van der Waals surface area contributed by atoms with Crippen LogP contribution < -0.4 is 4.74 Å². The first-order valence-electron chi connectivity index (χ1n) is 5.40. The van der Waals surface area contributed by atoms with Crippen LogP contribution in [0.3, 0.4) is 0 Å². The van der Waals surface area contributed by atoms with Gasteiger partial charge in [-0.2, -0.15) is 0 Å². The van der Waals surface area contributed by atoms with Gasteiger partial charge in [0.15, 0.2) is 9.84 Å². The van der Waals surface area contributed by atoms with E-state index in [-0.39, 0.29) is 17.6 Å². The zero-order valence-electron chi connectivity index (χ0n) is 9.52. The molecule has 0 radical (unpaired) electrons.